The Kier molecular flexibility index (Phi) is 5.96. The van der Waals surface area contributed by atoms with E-state index in [4.69, 9.17) is 5.73 Å². The summed E-state index contributed by atoms with van der Waals surface area (Å²) in [4.78, 5) is 2.09. The van der Waals surface area contributed by atoms with Gasteiger partial charge in [0.05, 0.1) is 0 Å². The number of nitrogens with two attached hydrogens (primary N) is 1. The van der Waals surface area contributed by atoms with Gasteiger partial charge in [-0.15, -0.1) is 24.8 Å². The van der Waals surface area contributed by atoms with Gasteiger partial charge < -0.3 is 10.6 Å². The molecule has 0 bridgehead atoms. The number of hydrogen-bond donors (Lipinski definition) is 1. The molecule has 3 rings (SSSR count). The molecule has 1 unspecified atom stereocenters. The summed E-state index contributed by atoms with van der Waals surface area (Å²) < 4.78 is 26.1. The zero-order chi connectivity index (χ0) is 13.4. The Morgan fingerprint density at radius 2 is 1.62 bits per heavy atom. The van der Waals surface area contributed by atoms with E-state index in [1.807, 2.05) is 0 Å². The molecule has 0 aliphatic carbocycles. The molecule has 114 valence electrons. The van der Waals surface area contributed by atoms with Gasteiger partial charge >= 0.3 is 0 Å². The van der Waals surface area contributed by atoms with Crippen LogP contribution in [-0.4, -0.2) is 6.54 Å². The van der Waals surface area contributed by atoms with Crippen LogP contribution in [0.15, 0.2) is 42.5 Å². The van der Waals surface area contributed by atoms with Crippen LogP contribution in [0.25, 0.3) is 0 Å². The van der Waals surface area contributed by atoms with E-state index in [9.17, 15) is 8.78 Å². The van der Waals surface area contributed by atoms with Gasteiger partial charge in [-0.25, -0.2) is 8.78 Å². The largest absolute Gasteiger partial charge is 0.365 e. The summed E-state index contributed by atoms with van der Waals surface area (Å²) in [7, 11) is 0. The maximum Gasteiger partial charge on any atom is 0.123 e. The highest BCUT2D eigenvalue weighted by molar-refractivity contribution is 5.85. The van der Waals surface area contributed by atoms with Crippen molar-refractivity contribution in [3.8, 4) is 0 Å². The molecule has 2 aromatic rings. The minimum Gasteiger partial charge on any atom is -0.365 e. The van der Waals surface area contributed by atoms with Crippen molar-refractivity contribution in [1.82, 2.24) is 0 Å². The van der Waals surface area contributed by atoms with E-state index in [1.165, 1.54) is 24.3 Å². The average molecular weight is 333 g/mol. The minimum atomic E-state index is -0.266. The first kappa shape index (κ1) is 17.7. The first-order valence-corrected chi connectivity index (χ1v) is 6.18. The minimum absolute atomic E-state index is 0. The van der Waals surface area contributed by atoms with Crippen LogP contribution in [0.2, 0.25) is 0 Å². The molecular formula is C15H16Cl2F2N2. The van der Waals surface area contributed by atoms with Crippen molar-refractivity contribution in [3.05, 3.63) is 65.2 Å². The Labute approximate surface area is 134 Å². The second-order valence-corrected chi connectivity index (χ2v) is 4.82. The number of fused-ring (bicyclic) bond motifs is 1. The summed E-state index contributed by atoms with van der Waals surface area (Å²) in [6.07, 6.45) is 0. The van der Waals surface area contributed by atoms with E-state index in [0.717, 1.165) is 16.8 Å². The third-order valence-corrected chi connectivity index (χ3v) is 3.43. The molecule has 0 saturated carbocycles. The lowest BCUT2D eigenvalue weighted by molar-refractivity contribution is 0.623. The molecule has 1 aliphatic heterocycles. The van der Waals surface area contributed by atoms with Crippen molar-refractivity contribution < 1.29 is 8.78 Å². The average Bonchev–Trinajstić information content (AvgIpc) is 2.69. The maximum atomic E-state index is 13.2. The normalized spacial score (nSPS) is 16.0. The van der Waals surface area contributed by atoms with Gasteiger partial charge in [0.2, 0.25) is 0 Å². The van der Waals surface area contributed by atoms with Crippen LogP contribution in [0.4, 0.5) is 14.5 Å². The molecule has 1 aliphatic rings. The SMILES string of the molecule is Cl.Cl.NC1CN(Cc2ccc(F)cc2)c2ccc(F)cc21. The van der Waals surface area contributed by atoms with Crippen molar-refractivity contribution >= 4 is 30.5 Å². The number of nitrogens with zero attached hydrogens (tertiary/aromatic N) is 1. The molecule has 0 amide bonds. The highest BCUT2D eigenvalue weighted by Crippen LogP contribution is 2.34. The smallest absolute Gasteiger partial charge is 0.123 e. The predicted molar refractivity (Wildman–Crippen MR) is 85.3 cm³/mol. The number of benzene rings is 2. The standard InChI is InChI=1S/C15H14F2N2.2ClH/c16-11-3-1-10(2-4-11)8-19-9-14(18)13-7-12(17)5-6-15(13)19;;/h1-7,14H,8-9,18H2;2*1H. The van der Waals surface area contributed by atoms with Crippen molar-refractivity contribution in [2.24, 2.45) is 5.73 Å². The summed E-state index contributed by atoms with van der Waals surface area (Å²) >= 11 is 0. The van der Waals surface area contributed by atoms with Gasteiger partial charge in [0.1, 0.15) is 11.6 Å². The lowest BCUT2D eigenvalue weighted by Crippen LogP contribution is -2.23. The van der Waals surface area contributed by atoms with Crippen LogP contribution in [0, 0.1) is 11.6 Å². The topological polar surface area (TPSA) is 29.3 Å². The van der Waals surface area contributed by atoms with E-state index in [0.29, 0.717) is 13.1 Å². The fourth-order valence-corrected chi connectivity index (χ4v) is 2.50. The second kappa shape index (κ2) is 7.07. The highest BCUT2D eigenvalue weighted by atomic mass is 35.5. The van der Waals surface area contributed by atoms with Gasteiger partial charge in [-0.05, 0) is 41.5 Å². The predicted octanol–water partition coefficient (Wildman–Crippen LogP) is 3.83. The van der Waals surface area contributed by atoms with Crippen LogP contribution in [0.3, 0.4) is 0 Å². The van der Waals surface area contributed by atoms with Crippen LogP contribution in [0.1, 0.15) is 17.2 Å². The molecule has 2 aromatic carbocycles. The van der Waals surface area contributed by atoms with Gasteiger partial charge in [0.25, 0.3) is 0 Å². The van der Waals surface area contributed by atoms with Gasteiger partial charge in [-0.1, -0.05) is 12.1 Å². The van der Waals surface area contributed by atoms with Crippen LogP contribution >= 0.6 is 24.8 Å². The quantitative estimate of drug-likeness (QED) is 0.905. The van der Waals surface area contributed by atoms with Gasteiger partial charge in [-0.2, -0.15) is 0 Å². The number of anilines is 1. The van der Waals surface area contributed by atoms with Gasteiger partial charge in [0, 0.05) is 24.8 Å². The van der Waals surface area contributed by atoms with Crippen LogP contribution in [-0.2, 0) is 6.54 Å². The Balaban J connectivity index is 0.00000110. The first-order valence-electron chi connectivity index (χ1n) is 6.18. The molecule has 1 heterocycles. The van der Waals surface area contributed by atoms with E-state index in [-0.39, 0.29) is 42.5 Å². The fraction of sp³-hybridized carbons (Fsp3) is 0.200. The third kappa shape index (κ3) is 3.64. The summed E-state index contributed by atoms with van der Waals surface area (Å²) in [5.74, 6) is -0.512. The summed E-state index contributed by atoms with van der Waals surface area (Å²) in [5, 5.41) is 0. The van der Waals surface area contributed by atoms with E-state index in [2.05, 4.69) is 4.90 Å². The van der Waals surface area contributed by atoms with Crippen LogP contribution in [0.5, 0.6) is 0 Å². The van der Waals surface area contributed by atoms with Crippen LogP contribution < -0.4 is 10.6 Å². The molecule has 2 N–H and O–H groups in total. The van der Waals surface area contributed by atoms with Gasteiger partial charge in [-0.3, -0.25) is 0 Å². The number of rotatable bonds is 2. The Morgan fingerprint density at radius 3 is 2.29 bits per heavy atom. The molecule has 0 spiro atoms. The molecule has 0 aromatic heterocycles. The van der Waals surface area contributed by atoms with Crippen molar-refractivity contribution in [3.63, 3.8) is 0 Å². The fourth-order valence-electron chi connectivity index (χ4n) is 2.50. The van der Waals surface area contributed by atoms with Crippen molar-refractivity contribution in [2.75, 3.05) is 11.4 Å². The van der Waals surface area contributed by atoms with E-state index >= 15 is 0 Å². The first-order chi connectivity index (χ1) is 9.13. The van der Waals surface area contributed by atoms with Crippen molar-refractivity contribution in [1.29, 1.82) is 0 Å². The van der Waals surface area contributed by atoms with Crippen molar-refractivity contribution in [2.45, 2.75) is 12.6 Å². The van der Waals surface area contributed by atoms with Gasteiger partial charge in [0.15, 0.2) is 0 Å². The lowest BCUT2D eigenvalue weighted by Gasteiger charge is -2.19. The molecule has 21 heavy (non-hydrogen) atoms. The zero-order valence-corrected chi connectivity index (χ0v) is 12.8. The molecular weight excluding hydrogens is 317 g/mol. The Hall–Kier alpha value is -1.36. The summed E-state index contributed by atoms with van der Waals surface area (Å²) in [6.45, 7) is 1.29. The molecule has 1 atom stereocenters. The lowest BCUT2D eigenvalue weighted by atomic mass is 10.1. The number of hydrogen-bond acceptors (Lipinski definition) is 2. The molecule has 0 saturated heterocycles. The Morgan fingerprint density at radius 1 is 1.00 bits per heavy atom. The highest BCUT2D eigenvalue weighted by Gasteiger charge is 2.26. The van der Waals surface area contributed by atoms with E-state index in [1.54, 1.807) is 18.2 Å². The zero-order valence-electron chi connectivity index (χ0n) is 11.1. The molecule has 0 radical (unpaired) electrons. The maximum absolute atomic E-state index is 13.2. The summed E-state index contributed by atoms with van der Waals surface area (Å²) in [6, 6.07) is 10.9. The second-order valence-electron chi connectivity index (χ2n) is 4.82. The monoisotopic (exact) mass is 332 g/mol. The third-order valence-electron chi connectivity index (χ3n) is 3.43. The molecule has 6 heteroatoms. The van der Waals surface area contributed by atoms with E-state index < -0.39 is 0 Å². The number of halogens is 4. The molecule has 0 fully saturated rings. The summed E-state index contributed by atoms with van der Waals surface area (Å²) in [5.41, 5.74) is 8.81. The molecule has 2 nitrogen and oxygen atoms in total. The Bertz CT molecular complexity index is 605.